The van der Waals surface area contributed by atoms with Gasteiger partial charge in [-0.05, 0) is 37.1 Å². The molecule has 1 amide bonds. The zero-order valence-corrected chi connectivity index (χ0v) is 17.5. The lowest BCUT2D eigenvalue weighted by Crippen LogP contribution is -2.36. The molecule has 1 N–H and O–H groups in total. The smallest absolute Gasteiger partial charge is 0.257 e. The molecule has 156 valence electrons. The molecule has 0 radical (unpaired) electrons. The topological polar surface area (TPSA) is 97.2 Å². The number of aromatic nitrogens is 3. The molecule has 1 aliphatic rings. The van der Waals surface area contributed by atoms with Crippen molar-refractivity contribution < 1.29 is 13.2 Å². The van der Waals surface area contributed by atoms with Gasteiger partial charge in [0.25, 0.3) is 5.91 Å². The first-order valence-corrected chi connectivity index (χ1v) is 11.3. The van der Waals surface area contributed by atoms with Gasteiger partial charge in [0.05, 0.1) is 10.5 Å². The molecule has 2 aromatic carbocycles. The molecule has 0 spiro atoms. The van der Waals surface area contributed by atoms with Gasteiger partial charge in [-0.25, -0.2) is 8.42 Å². The van der Waals surface area contributed by atoms with Crippen LogP contribution in [-0.2, 0) is 17.1 Å². The maximum absolute atomic E-state index is 13.1. The molecular weight excluding hydrogens is 402 g/mol. The van der Waals surface area contributed by atoms with E-state index in [9.17, 15) is 13.2 Å². The number of benzene rings is 2. The quantitative estimate of drug-likeness (QED) is 0.678. The van der Waals surface area contributed by atoms with E-state index in [2.05, 4.69) is 15.5 Å². The summed E-state index contributed by atoms with van der Waals surface area (Å²) in [5.41, 5.74) is 1.47. The highest BCUT2D eigenvalue weighted by molar-refractivity contribution is 7.89. The lowest BCUT2D eigenvalue weighted by molar-refractivity contribution is 0.102. The van der Waals surface area contributed by atoms with Crippen LogP contribution in [0.3, 0.4) is 0 Å². The number of carbonyl (C=O) groups is 1. The molecule has 9 heteroatoms. The fourth-order valence-corrected chi connectivity index (χ4v) is 5.31. The molecule has 0 bridgehead atoms. The van der Waals surface area contributed by atoms with E-state index in [-0.39, 0.29) is 10.5 Å². The van der Waals surface area contributed by atoms with Gasteiger partial charge in [-0.15, -0.1) is 10.2 Å². The summed E-state index contributed by atoms with van der Waals surface area (Å²) in [5, 5.41) is 10.8. The third kappa shape index (κ3) is 3.99. The number of aryl methyl sites for hydroxylation is 1. The van der Waals surface area contributed by atoms with Crippen LogP contribution in [0.2, 0.25) is 0 Å². The number of anilines is 1. The number of carbonyl (C=O) groups excluding carboxylic acids is 1. The van der Waals surface area contributed by atoms with Gasteiger partial charge in [0.2, 0.25) is 10.0 Å². The van der Waals surface area contributed by atoms with Crippen LogP contribution in [0.1, 0.15) is 29.6 Å². The van der Waals surface area contributed by atoms with Gasteiger partial charge in [-0.3, -0.25) is 4.79 Å². The van der Waals surface area contributed by atoms with E-state index in [4.69, 9.17) is 0 Å². The minimum absolute atomic E-state index is 0.0360. The first kappa shape index (κ1) is 20.2. The van der Waals surface area contributed by atoms with Gasteiger partial charge in [-0.1, -0.05) is 30.7 Å². The molecule has 2 heterocycles. The monoisotopic (exact) mass is 425 g/mol. The number of piperidine rings is 1. The van der Waals surface area contributed by atoms with Crippen LogP contribution in [0.15, 0.2) is 59.8 Å². The van der Waals surface area contributed by atoms with Crippen molar-refractivity contribution in [3.8, 4) is 11.4 Å². The van der Waals surface area contributed by atoms with Gasteiger partial charge in [0.15, 0.2) is 5.82 Å². The Balaban J connectivity index is 1.62. The van der Waals surface area contributed by atoms with Crippen LogP contribution < -0.4 is 5.32 Å². The Morgan fingerprint density at radius 1 is 1.03 bits per heavy atom. The molecule has 0 atom stereocenters. The number of nitrogens with one attached hydrogen (secondary N) is 1. The molecular formula is C21H23N5O3S. The second-order valence-electron chi connectivity index (χ2n) is 7.26. The normalized spacial score (nSPS) is 15.1. The summed E-state index contributed by atoms with van der Waals surface area (Å²) >= 11 is 0. The Kier molecular flexibility index (Phi) is 5.65. The Morgan fingerprint density at radius 2 is 1.80 bits per heavy atom. The number of nitrogens with zero attached hydrogens (tertiary/aromatic N) is 4. The average molecular weight is 426 g/mol. The van der Waals surface area contributed by atoms with E-state index in [1.54, 1.807) is 47.3 Å². The molecule has 1 aliphatic heterocycles. The molecule has 30 heavy (non-hydrogen) atoms. The summed E-state index contributed by atoms with van der Waals surface area (Å²) in [6.07, 6.45) is 4.29. The van der Waals surface area contributed by atoms with Crippen LogP contribution in [0.5, 0.6) is 0 Å². The molecule has 0 unspecified atom stereocenters. The van der Waals surface area contributed by atoms with Gasteiger partial charge in [-0.2, -0.15) is 4.31 Å². The maximum Gasteiger partial charge on any atom is 0.257 e. The molecule has 0 saturated carbocycles. The predicted molar refractivity (Wildman–Crippen MR) is 113 cm³/mol. The standard InChI is InChI=1S/C21H23N5O3S/c1-25-15-22-24-20(25)16-8-7-9-17(14-16)23-21(27)18-10-3-4-11-19(18)30(28,29)26-12-5-2-6-13-26/h3-4,7-11,14-15H,2,5-6,12-13H2,1H3,(H,23,27). The first-order chi connectivity index (χ1) is 14.5. The van der Waals surface area contributed by atoms with E-state index < -0.39 is 15.9 Å². The Morgan fingerprint density at radius 3 is 2.53 bits per heavy atom. The van der Waals surface area contributed by atoms with Crippen LogP contribution in [-0.4, -0.2) is 46.5 Å². The van der Waals surface area contributed by atoms with Gasteiger partial charge < -0.3 is 9.88 Å². The zero-order chi connectivity index (χ0) is 21.1. The summed E-state index contributed by atoms with van der Waals surface area (Å²) in [6.45, 7) is 0.968. The van der Waals surface area contributed by atoms with Crippen LogP contribution in [0, 0.1) is 0 Å². The summed E-state index contributed by atoms with van der Waals surface area (Å²) in [6, 6.07) is 13.5. The highest BCUT2D eigenvalue weighted by atomic mass is 32.2. The van der Waals surface area contributed by atoms with E-state index in [0.29, 0.717) is 24.6 Å². The Hall–Kier alpha value is -3.04. The molecule has 1 aromatic heterocycles. The minimum atomic E-state index is -3.73. The van der Waals surface area contributed by atoms with Crippen LogP contribution >= 0.6 is 0 Å². The van der Waals surface area contributed by atoms with Crippen molar-refractivity contribution in [2.75, 3.05) is 18.4 Å². The van der Waals surface area contributed by atoms with Crippen LogP contribution in [0.4, 0.5) is 5.69 Å². The van der Waals surface area contributed by atoms with Crippen molar-refractivity contribution in [3.63, 3.8) is 0 Å². The van der Waals surface area contributed by atoms with E-state index >= 15 is 0 Å². The van der Waals surface area contributed by atoms with Crippen molar-refractivity contribution in [2.45, 2.75) is 24.2 Å². The molecule has 8 nitrogen and oxygen atoms in total. The second kappa shape index (κ2) is 8.37. The van der Waals surface area contributed by atoms with Crippen molar-refractivity contribution in [2.24, 2.45) is 7.05 Å². The highest BCUT2D eigenvalue weighted by Crippen LogP contribution is 2.25. The third-order valence-corrected chi connectivity index (χ3v) is 7.11. The predicted octanol–water partition coefficient (Wildman–Crippen LogP) is 2.91. The number of sulfonamides is 1. The minimum Gasteiger partial charge on any atom is -0.322 e. The second-order valence-corrected chi connectivity index (χ2v) is 9.17. The Bertz CT molecular complexity index is 1170. The largest absolute Gasteiger partial charge is 0.322 e. The lowest BCUT2D eigenvalue weighted by Gasteiger charge is -2.26. The summed E-state index contributed by atoms with van der Waals surface area (Å²) in [5.74, 6) is 0.195. The van der Waals surface area contributed by atoms with E-state index in [1.807, 2.05) is 13.1 Å². The number of hydrogen-bond donors (Lipinski definition) is 1. The average Bonchev–Trinajstić information content (AvgIpc) is 3.20. The number of rotatable bonds is 5. The van der Waals surface area contributed by atoms with Crippen molar-refractivity contribution >= 4 is 21.6 Å². The molecule has 1 fully saturated rings. The van der Waals surface area contributed by atoms with E-state index in [1.165, 1.54) is 10.4 Å². The first-order valence-electron chi connectivity index (χ1n) is 9.82. The van der Waals surface area contributed by atoms with Crippen molar-refractivity contribution in [1.29, 1.82) is 0 Å². The third-order valence-electron chi connectivity index (χ3n) is 5.15. The fourth-order valence-electron chi connectivity index (χ4n) is 3.60. The summed E-state index contributed by atoms with van der Waals surface area (Å²) in [4.78, 5) is 13.0. The van der Waals surface area contributed by atoms with Crippen molar-refractivity contribution in [3.05, 3.63) is 60.4 Å². The van der Waals surface area contributed by atoms with Gasteiger partial charge in [0, 0.05) is 31.4 Å². The summed E-state index contributed by atoms with van der Waals surface area (Å²) in [7, 11) is -1.89. The lowest BCUT2D eigenvalue weighted by atomic mass is 10.1. The van der Waals surface area contributed by atoms with Crippen LogP contribution in [0.25, 0.3) is 11.4 Å². The maximum atomic E-state index is 13.1. The highest BCUT2D eigenvalue weighted by Gasteiger charge is 2.29. The fraction of sp³-hybridized carbons (Fsp3) is 0.286. The summed E-state index contributed by atoms with van der Waals surface area (Å²) < 4.78 is 29.5. The van der Waals surface area contributed by atoms with Gasteiger partial charge >= 0.3 is 0 Å². The van der Waals surface area contributed by atoms with E-state index in [0.717, 1.165) is 24.8 Å². The zero-order valence-electron chi connectivity index (χ0n) is 16.7. The number of hydrogen-bond acceptors (Lipinski definition) is 5. The molecule has 4 rings (SSSR count). The molecule has 3 aromatic rings. The SMILES string of the molecule is Cn1cnnc1-c1cccc(NC(=O)c2ccccc2S(=O)(=O)N2CCCCC2)c1. The van der Waals surface area contributed by atoms with Crippen molar-refractivity contribution in [1.82, 2.24) is 19.1 Å². The molecule has 1 saturated heterocycles. The number of amides is 1. The Labute approximate surface area is 175 Å². The van der Waals surface area contributed by atoms with Gasteiger partial charge in [0.1, 0.15) is 6.33 Å². The molecule has 0 aliphatic carbocycles.